The summed E-state index contributed by atoms with van der Waals surface area (Å²) in [5.74, 6) is 0.447. The van der Waals surface area contributed by atoms with Crippen LogP contribution in [0.2, 0.25) is 0 Å². The highest BCUT2D eigenvalue weighted by atomic mass is 16.2. The molecule has 1 amide bonds. The molecule has 2 unspecified atom stereocenters. The van der Waals surface area contributed by atoms with Crippen LogP contribution in [0.1, 0.15) is 45.4 Å². The average molecular weight is 279 g/mol. The smallest absolute Gasteiger partial charge is 0.228 e. The van der Waals surface area contributed by atoms with E-state index in [0.717, 1.165) is 51.9 Å². The van der Waals surface area contributed by atoms with E-state index in [1.807, 2.05) is 0 Å². The molecular formula is C16H29N3O. The summed E-state index contributed by atoms with van der Waals surface area (Å²) in [6, 6.07) is 1.31. The minimum Gasteiger partial charge on any atom is -0.341 e. The highest BCUT2D eigenvalue weighted by Crippen LogP contribution is 2.37. The van der Waals surface area contributed by atoms with Crippen molar-refractivity contribution < 1.29 is 4.79 Å². The van der Waals surface area contributed by atoms with Gasteiger partial charge in [-0.1, -0.05) is 6.92 Å². The summed E-state index contributed by atoms with van der Waals surface area (Å²) < 4.78 is 0. The Morgan fingerprint density at radius 3 is 2.60 bits per heavy atom. The molecule has 0 spiro atoms. The van der Waals surface area contributed by atoms with E-state index in [-0.39, 0.29) is 5.41 Å². The lowest BCUT2D eigenvalue weighted by molar-refractivity contribution is -0.144. The van der Waals surface area contributed by atoms with Crippen molar-refractivity contribution in [1.29, 1.82) is 0 Å². The van der Waals surface area contributed by atoms with Crippen LogP contribution in [0.15, 0.2) is 0 Å². The molecule has 20 heavy (non-hydrogen) atoms. The van der Waals surface area contributed by atoms with Gasteiger partial charge in [0.2, 0.25) is 5.91 Å². The van der Waals surface area contributed by atoms with Gasteiger partial charge in [-0.3, -0.25) is 9.69 Å². The number of hydrogen-bond acceptors (Lipinski definition) is 3. The van der Waals surface area contributed by atoms with Crippen LogP contribution in [0.4, 0.5) is 0 Å². The lowest BCUT2D eigenvalue weighted by Gasteiger charge is -2.40. The molecule has 0 saturated carbocycles. The highest BCUT2D eigenvalue weighted by Gasteiger charge is 2.43. The molecule has 0 aromatic rings. The molecule has 3 aliphatic rings. The van der Waals surface area contributed by atoms with E-state index in [0.29, 0.717) is 18.0 Å². The zero-order valence-corrected chi connectivity index (χ0v) is 13.0. The Hall–Kier alpha value is -0.610. The van der Waals surface area contributed by atoms with Crippen LogP contribution in [0.25, 0.3) is 0 Å². The fourth-order valence-electron chi connectivity index (χ4n) is 4.45. The number of carbonyl (C=O) groups excluding carboxylic acids is 1. The molecule has 3 rings (SSSR count). The minimum atomic E-state index is -0.0760. The van der Waals surface area contributed by atoms with Crippen molar-refractivity contribution in [3.05, 3.63) is 0 Å². The molecule has 1 N–H and O–H groups in total. The predicted molar refractivity (Wildman–Crippen MR) is 80.6 cm³/mol. The van der Waals surface area contributed by atoms with Crippen molar-refractivity contribution in [2.24, 2.45) is 5.41 Å². The molecule has 0 aromatic carbocycles. The maximum absolute atomic E-state index is 13.1. The first-order valence-electron chi connectivity index (χ1n) is 8.38. The molecule has 2 atom stereocenters. The van der Waals surface area contributed by atoms with Crippen LogP contribution >= 0.6 is 0 Å². The molecule has 2 bridgehead atoms. The van der Waals surface area contributed by atoms with Crippen LogP contribution in [0.3, 0.4) is 0 Å². The van der Waals surface area contributed by atoms with Crippen LogP contribution in [-0.4, -0.2) is 61.0 Å². The fourth-order valence-corrected chi connectivity index (χ4v) is 4.45. The molecule has 3 fully saturated rings. The molecule has 0 radical (unpaired) electrons. The largest absolute Gasteiger partial charge is 0.341 e. The molecule has 0 aromatic heterocycles. The number of likely N-dealkylation sites (tertiary alicyclic amines) is 1. The molecule has 3 heterocycles. The third-order valence-electron chi connectivity index (χ3n) is 6.13. The van der Waals surface area contributed by atoms with Crippen molar-refractivity contribution in [1.82, 2.24) is 15.1 Å². The predicted octanol–water partition coefficient (Wildman–Crippen LogP) is 1.46. The third kappa shape index (κ3) is 2.37. The van der Waals surface area contributed by atoms with E-state index in [2.05, 4.69) is 29.1 Å². The first-order chi connectivity index (χ1) is 9.66. The number of amides is 1. The summed E-state index contributed by atoms with van der Waals surface area (Å²) >= 11 is 0. The zero-order chi connectivity index (χ0) is 14.2. The number of rotatable bonds is 2. The van der Waals surface area contributed by atoms with Crippen molar-refractivity contribution in [3.8, 4) is 0 Å². The number of piperidine rings is 1. The minimum absolute atomic E-state index is 0.0760. The van der Waals surface area contributed by atoms with E-state index in [4.69, 9.17) is 0 Å². The second-order valence-electron chi connectivity index (χ2n) is 6.97. The Morgan fingerprint density at radius 1 is 1.20 bits per heavy atom. The molecule has 0 aliphatic carbocycles. The van der Waals surface area contributed by atoms with Gasteiger partial charge in [-0.2, -0.15) is 0 Å². The maximum Gasteiger partial charge on any atom is 0.228 e. The number of likely N-dealkylation sites (N-methyl/N-ethyl adjacent to an activating group) is 1. The molecule has 114 valence electrons. The van der Waals surface area contributed by atoms with Gasteiger partial charge in [-0.15, -0.1) is 0 Å². The lowest BCUT2D eigenvalue weighted by Crippen LogP contribution is -2.51. The number of carbonyl (C=O) groups is 1. The first kappa shape index (κ1) is 14.3. The van der Waals surface area contributed by atoms with E-state index < -0.39 is 0 Å². The fraction of sp³-hybridized carbons (Fsp3) is 0.938. The summed E-state index contributed by atoms with van der Waals surface area (Å²) in [7, 11) is 2.25. The van der Waals surface area contributed by atoms with Crippen molar-refractivity contribution >= 4 is 5.91 Å². The van der Waals surface area contributed by atoms with Crippen molar-refractivity contribution in [2.75, 3.05) is 33.2 Å². The van der Waals surface area contributed by atoms with Crippen LogP contribution in [0.5, 0.6) is 0 Å². The number of hydrogen-bond donors (Lipinski definition) is 1. The highest BCUT2D eigenvalue weighted by molar-refractivity contribution is 5.83. The summed E-state index contributed by atoms with van der Waals surface area (Å²) in [6.45, 7) is 6.12. The standard InChI is InChI=1S/C16H29N3O/c1-3-16(7-9-17-10-8-16)15(20)19-11-6-13-4-5-14(12-19)18(13)2/h13-14,17H,3-12H2,1-2H3. The van der Waals surface area contributed by atoms with Crippen molar-refractivity contribution in [3.63, 3.8) is 0 Å². The van der Waals surface area contributed by atoms with E-state index in [9.17, 15) is 4.79 Å². The Labute approximate surface area is 122 Å². The number of nitrogens with zero attached hydrogens (tertiary/aromatic N) is 2. The van der Waals surface area contributed by atoms with Gasteiger partial charge in [0, 0.05) is 25.2 Å². The third-order valence-corrected chi connectivity index (χ3v) is 6.13. The van der Waals surface area contributed by atoms with Gasteiger partial charge in [-0.05, 0) is 58.7 Å². The quantitative estimate of drug-likeness (QED) is 0.831. The maximum atomic E-state index is 13.1. The Balaban J connectivity index is 1.73. The van der Waals surface area contributed by atoms with E-state index >= 15 is 0 Å². The molecule has 4 nitrogen and oxygen atoms in total. The summed E-state index contributed by atoms with van der Waals surface area (Å²) in [4.78, 5) is 17.8. The molecule has 3 aliphatic heterocycles. The van der Waals surface area contributed by atoms with Crippen LogP contribution in [-0.2, 0) is 4.79 Å². The van der Waals surface area contributed by atoms with Gasteiger partial charge in [0.15, 0.2) is 0 Å². The second kappa shape index (κ2) is 5.64. The normalized spacial score (nSPS) is 34.0. The molecule has 4 heteroatoms. The van der Waals surface area contributed by atoms with Gasteiger partial charge in [0.1, 0.15) is 0 Å². The second-order valence-corrected chi connectivity index (χ2v) is 6.97. The summed E-state index contributed by atoms with van der Waals surface area (Å²) in [6.07, 6.45) is 6.79. The average Bonchev–Trinajstić information content (AvgIpc) is 2.72. The monoisotopic (exact) mass is 279 g/mol. The topological polar surface area (TPSA) is 35.6 Å². The van der Waals surface area contributed by atoms with Gasteiger partial charge in [-0.25, -0.2) is 0 Å². The van der Waals surface area contributed by atoms with E-state index in [1.165, 1.54) is 12.8 Å². The number of fused-ring (bicyclic) bond motifs is 2. The van der Waals surface area contributed by atoms with Crippen molar-refractivity contribution in [2.45, 2.75) is 57.5 Å². The van der Waals surface area contributed by atoms with E-state index in [1.54, 1.807) is 0 Å². The Bertz CT molecular complexity index is 365. The first-order valence-corrected chi connectivity index (χ1v) is 8.38. The Morgan fingerprint density at radius 2 is 1.90 bits per heavy atom. The number of nitrogens with one attached hydrogen (secondary N) is 1. The zero-order valence-electron chi connectivity index (χ0n) is 13.0. The summed E-state index contributed by atoms with van der Waals surface area (Å²) in [5, 5.41) is 3.40. The SMILES string of the molecule is CCC1(C(=O)N2CCC3CCC(C2)N3C)CCNCC1. The molecular weight excluding hydrogens is 250 g/mol. The van der Waals surface area contributed by atoms with Gasteiger partial charge < -0.3 is 10.2 Å². The van der Waals surface area contributed by atoms with Crippen LogP contribution < -0.4 is 5.32 Å². The Kier molecular flexibility index (Phi) is 4.04. The molecule has 3 saturated heterocycles. The van der Waals surface area contributed by atoms with Gasteiger partial charge in [0.05, 0.1) is 5.41 Å². The summed E-state index contributed by atoms with van der Waals surface area (Å²) in [5.41, 5.74) is -0.0760. The van der Waals surface area contributed by atoms with Crippen LogP contribution in [0, 0.1) is 5.41 Å². The van der Waals surface area contributed by atoms with Gasteiger partial charge in [0.25, 0.3) is 0 Å². The van der Waals surface area contributed by atoms with Gasteiger partial charge >= 0.3 is 0 Å². The lowest BCUT2D eigenvalue weighted by atomic mass is 9.75.